The van der Waals surface area contributed by atoms with Crippen LogP contribution in [0.4, 0.5) is 0 Å². The summed E-state index contributed by atoms with van der Waals surface area (Å²) in [5.74, 6) is 0.386. The summed E-state index contributed by atoms with van der Waals surface area (Å²) in [6, 6.07) is 0. The monoisotopic (exact) mass is 362 g/mol. The van der Waals surface area contributed by atoms with Crippen LogP contribution in [0.15, 0.2) is 11.6 Å². The molecule has 0 amide bonds. The van der Waals surface area contributed by atoms with Crippen LogP contribution in [0, 0.1) is 34.5 Å². The van der Waals surface area contributed by atoms with Gasteiger partial charge >= 0.3 is 0 Å². The quantitative estimate of drug-likeness (QED) is 0.664. The van der Waals surface area contributed by atoms with E-state index in [0.29, 0.717) is 32.1 Å². The maximum absolute atomic E-state index is 12.2. The Kier molecular flexibility index (Phi) is 4.41. The summed E-state index contributed by atoms with van der Waals surface area (Å²) < 4.78 is 0. The van der Waals surface area contributed by atoms with Crippen molar-refractivity contribution in [3.63, 3.8) is 0 Å². The molecule has 0 radical (unpaired) electrons. The van der Waals surface area contributed by atoms with E-state index in [1.807, 2.05) is 0 Å². The maximum atomic E-state index is 12.2. The molecule has 0 bridgehead atoms. The summed E-state index contributed by atoms with van der Waals surface area (Å²) in [4.78, 5) is 24.2. The summed E-state index contributed by atoms with van der Waals surface area (Å²) in [7, 11) is 0. The number of aldehydes is 1. The first-order valence-electron chi connectivity index (χ1n) is 10.1. The second kappa shape index (κ2) is 6.25. The molecule has 3 N–H and O–H groups in total. The fraction of sp³-hybridized carbons (Fsp3) is 0.810. The van der Waals surface area contributed by atoms with Gasteiger partial charge in [-0.15, -0.1) is 0 Å². The largest absolute Gasteiger partial charge is 0.396 e. The molecule has 0 heterocycles. The van der Waals surface area contributed by atoms with Crippen LogP contribution in [-0.4, -0.2) is 46.2 Å². The van der Waals surface area contributed by atoms with E-state index in [0.717, 1.165) is 24.7 Å². The van der Waals surface area contributed by atoms with Crippen LogP contribution in [0.5, 0.6) is 0 Å². The molecular formula is C21H30O5. The lowest BCUT2D eigenvalue weighted by Gasteiger charge is -2.60. The topological polar surface area (TPSA) is 94.8 Å². The first-order chi connectivity index (χ1) is 12.4. The number of hydrogen-bond donors (Lipinski definition) is 3. The second-order valence-electron chi connectivity index (χ2n) is 9.32. The normalized spacial score (nSPS) is 50.5. The highest BCUT2D eigenvalue weighted by Gasteiger charge is 2.64. The van der Waals surface area contributed by atoms with Gasteiger partial charge in [-0.05, 0) is 79.3 Å². The van der Waals surface area contributed by atoms with Crippen LogP contribution < -0.4 is 0 Å². The van der Waals surface area contributed by atoms with Crippen molar-refractivity contribution in [1.82, 2.24) is 0 Å². The van der Waals surface area contributed by atoms with E-state index in [1.54, 1.807) is 6.08 Å². The minimum atomic E-state index is -0.669. The molecule has 0 spiro atoms. The Balaban J connectivity index is 1.75. The van der Waals surface area contributed by atoms with Crippen molar-refractivity contribution in [3.8, 4) is 0 Å². The molecule has 26 heavy (non-hydrogen) atoms. The standard InChI is InChI=1S/C21H30O5/c1-20-6-4-13(24)8-16(20)17(25)9-14-15-3-2-12(5-7-22)21(15,11-23)10-18(26)19(14)20/h8,11-12,14-15,17-19,22,25-26H,2-7,9-10H2,1H3/t12-,14+,15+,17?,18+,19-,20+,21+/m1/s1. The average Bonchev–Trinajstić information content (AvgIpc) is 2.95. The Labute approximate surface area is 154 Å². The van der Waals surface area contributed by atoms with Crippen LogP contribution in [0.25, 0.3) is 0 Å². The minimum absolute atomic E-state index is 0.0174. The van der Waals surface area contributed by atoms with Gasteiger partial charge in [0.25, 0.3) is 0 Å². The van der Waals surface area contributed by atoms with Crippen molar-refractivity contribution in [2.75, 3.05) is 6.61 Å². The molecule has 0 aromatic carbocycles. The first-order valence-corrected chi connectivity index (χ1v) is 10.1. The fourth-order valence-corrected chi connectivity index (χ4v) is 7.34. The van der Waals surface area contributed by atoms with Gasteiger partial charge in [0.2, 0.25) is 0 Å². The minimum Gasteiger partial charge on any atom is -0.396 e. The Morgan fingerprint density at radius 2 is 2.08 bits per heavy atom. The third-order valence-electron chi connectivity index (χ3n) is 8.39. The van der Waals surface area contributed by atoms with E-state index in [1.165, 1.54) is 0 Å². The number of aliphatic hydroxyl groups excluding tert-OH is 3. The lowest BCUT2D eigenvalue weighted by atomic mass is 9.45. The zero-order chi connectivity index (χ0) is 18.7. The molecule has 4 aliphatic carbocycles. The molecule has 4 aliphatic rings. The van der Waals surface area contributed by atoms with Crippen LogP contribution in [-0.2, 0) is 9.59 Å². The highest BCUT2D eigenvalue weighted by molar-refractivity contribution is 5.91. The van der Waals surface area contributed by atoms with E-state index < -0.39 is 17.6 Å². The van der Waals surface area contributed by atoms with Crippen molar-refractivity contribution in [2.45, 2.75) is 64.1 Å². The number of carbonyl (C=O) groups excluding carboxylic acids is 2. The Bertz CT molecular complexity index is 642. The highest BCUT2D eigenvalue weighted by atomic mass is 16.3. The molecule has 0 aromatic rings. The lowest BCUT2D eigenvalue weighted by Crippen LogP contribution is -2.60. The van der Waals surface area contributed by atoms with Gasteiger partial charge in [0.15, 0.2) is 5.78 Å². The third-order valence-corrected chi connectivity index (χ3v) is 8.39. The third kappa shape index (κ3) is 2.33. The number of aliphatic hydroxyl groups is 3. The summed E-state index contributed by atoms with van der Waals surface area (Å²) in [5, 5.41) is 31.4. The van der Waals surface area contributed by atoms with E-state index >= 15 is 0 Å². The van der Waals surface area contributed by atoms with E-state index in [-0.39, 0.29) is 41.5 Å². The molecule has 8 atom stereocenters. The molecule has 144 valence electrons. The number of carbonyl (C=O) groups is 2. The van der Waals surface area contributed by atoms with E-state index in [9.17, 15) is 24.9 Å². The number of rotatable bonds is 3. The zero-order valence-corrected chi connectivity index (χ0v) is 15.4. The molecule has 5 nitrogen and oxygen atoms in total. The van der Waals surface area contributed by atoms with Crippen molar-refractivity contribution in [3.05, 3.63) is 11.6 Å². The smallest absolute Gasteiger partial charge is 0.155 e. The fourth-order valence-electron chi connectivity index (χ4n) is 7.34. The molecule has 5 heteroatoms. The number of ketones is 1. The van der Waals surface area contributed by atoms with Gasteiger partial charge < -0.3 is 20.1 Å². The number of fused-ring (bicyclic) bond motifs is 5. The maximum Gasteiger partial charge on any atom is 0.155 e. The van der Waals surface area contributed by atoms with Gasteiger partial charge in [-0.2, -0.15) is 0 Å². The molecule has 3 saturated carbocycles. The van der Waals surface area contributed by atoms with Crippen molar-refractivity contribution >= 4 is 12.1 Å². The van der Waals surface area contributed by atoms with Gasteiger partial charge in [0.1, 0.15) is 6.29 Å². The second-order valence-corrected chi connectivity index (χ2v) is 9.32. The Morgan fingerprint density at radius 1 is 1.31 bits per heavy atom. The van der Waals surface area contributed by atoms with Gasteiger partial charge in [0.05, 0.1) is 12.2 Å². The SMILES string of the molecule is C[C@]12CCC(=O)C=C1C(O)C[C@@H]1[C@@H]2[C@@H](O)C[C@]2(C=O)[C@@H](CCO)CC[C@@H]12. The first kappa shape index (κ1) is 18.3. The summed E-state index contributed by atoms with van der Waals surface area (Å²) in [5.41, 5.74) is -0.164. The summed E-state index contributed by atoms with van der Waals surface area (Å²) >= 11 is 0. The molecule has 1 unspecified atom stereocenters. The van der Waals surface area contributed by atoms with Gasteiger partial charge in [-0.1, -0.05) is 6.92 Å². The van der Waals surface area contributed by atoms with Crippen molar-refractivity contribution in [1.29, 1.82) is 0 Å². The molecule has 4 rings (SSSR count). The number of hydrogen-bond acceptors (Lipinski definition) is 5. The predicted octanol–water partition coefficient (Wildman–Crippen LogP) is 1.64. The predicted molar refractivity (Wildman–Crippen MR) is 95.1 cm³/mol. The molecule has 3 fully saturated rings. The van der Waals surface area contributed by atoms with Crippen molar-refractivity contribution in [2.24, 2.45) is 34.5 Å². The van der Waals surface area contributed by atoms with E-state index in [4.69, 9.17) is 0 Å². The lowest BCUT2D eigenvalue weighted by molar-refractivity contribution is -0.159. The average molecular weight is 362 g/mol. The van der Waals surface area contributed by atoms with Gasteiger partial charge in [-0.25, -0.2) is 0 Å². The zero-order valence-electron chi connectivity index (χ0n) is 15.4. The Morgan fingerprint density at radius 3 is 2.77 bits per heavy atom. The molecular weight excluding hydrogens is 332 g/mol. The molecule has 0 saturated heterocycles. The van der Waals surface area contributed by atoms with Gasteiger partial charge in [-0.3, -0.25) is 4.79 Å². The highest BCUT2D eigenvalue weighted by Crippen LogP contribution is 2.66. The molecule has 0 aliphatic heterocycles. The van der Waals surface area contributed by atoms with Crippen LogP contribution in [0.3, 0.4) is 0 Å². The van der Waals surface area contributed by atoms with E-state index in [2.05, 4.69) is 6.92 Å². The van der Waals surface area contributed by atoms with Gasteiger partial charge in [0, 0.05) is 18.4 Å². The Hall–Kier alpha value is -1.04. The van der Waals surface area contributed by atoms with Crippen LogP contribution in [0.2, 0.25) is 0 Å². The van der Waals surface area contributed by atoms with Crippen molar-refractivity contribution < 1.29 is 24.9 Å². The van der Waals surface area contributed by atoms with Crippen LogP contribution >= 0.6 is 0 Å². The molecule has 0 aromatic heterocycles. The van der Waals surface area contributed by atoms with Crippen LogP contribution in [0.1, 0.15) is 51.9 Å². The summed E-state index contributed by atoms with van der Waals surface area (Å²) in [6.45, 7) is 2.15. The summed E-state index contributed by atoms with van der Waals surface area (Å²) in [6.07, 6.45) is 5.86.